The zero-order chi connectivity index (χ0) is 24.3. The number of thiazole rings is 1. The van der Waals surface area contributed by atoms with E-state index in [1.807, 2.05) is 24.5 Å². The summed E-state index contributed by atoms with van der Waals surface area (Å²) in [7, 11) is 0. The van der Waals surface area contributed by atoms with E-state index in [1.54, 1.807) is 11.3 Å². The van der Waals surface area contributed by atoms with Crippen LogP contribution < -0.4 is 10.6 Å². The highest BCUT2D eigenvalue weighted by molar-refractivity contribution is 7.22. The van der Waals surface area contributed by atoms with E-state index in [2.05, 4.69) is 37.9 Å². The molecule has 1 saturated carbocycles. The van der Waals surface area contributed by atoms with Crippen LogP contribution in [-0.4, -0.2) is 60.4 Å². The second-order valence-corrected chi connectivity index (χ2v) is 10.9. The fourth-order valence-electron chi connectivity index (χ4n) is 5.13. The van der Waals surface area contributed by atoms with E-state index < -0.39 is 0 Å². The summed E-state index contributed by atoms with van der Waals surface area (Å²) in [5.41, 5.74) is 4.14. The van der Waals surface area contributed by atoms with E-state index in [1.165, 1.54) is 19.3 Å². The van der Waals surface area contributed by atoms with Gasteiger partial charge in [0.15, 0.2) is 5.13 Å². The first kappa shape index (κ1) is 23.3. The van der Waals surface area contributed by atoms with Crippen LogP contribution in [0.5, 0.6) is 0 Å². The largest absolute Gasteiger partial charge is 0.393 e. The van der Waals surface area contributed by atoms with Gasteiger partial charge in [0.05, 0.1) is 28.2 Å². The number of hydrogen-bond acceptors (Lipinski definition) is 9. The third-order valence-electron chi connectivity index (χ3n) is 7.10. The molecule has 6 rings (SSSR count). The molecule has 9 nitrogen and oxygen atoms in total. The molecule has 0 radical (unpaired) electrons. The normalized spacial score (nSPS) is 21.0. The van der Waals surface area contributed by atoms with Gasteiger partial charge in [-0.05, 0) is 69.3 Å². The molecule has 0 bridgehead atoms. The van der Waals surface area contributed by atoms with E-state index in [0.717, 1.165) is 83.3 Å². The van der Waals surface area contributed by atoms with Crippen LogP contribution >= 0.6 is 11.3 Å². The number of fused-ring (bicyclic) bond motifs is 1. The van der Waals surface area contributed by atoms with Gasteiger partial charge in [0.1, 0.15) is 5.82 Å². The SMILES string of the molecule is OC1CCC(Nc2nc(CN3CCCCC3)cc(Nc3nc4ccc(-c5cn[nH]c5)cc4s3)n2)CC1. The minimum atomic E-state index is -0.181. The smallest absolute Gasteiger partial charge is 0.225 e. The number of aromatic amines is 1. The van der Waals surface area contributed by atoms with Gasteiger partial charge in [-0.25, -0.2) is 9.97 Å². The van der Waals surface area contributed by atoms with Crippen LogP contribution in [0.1, 0.15) is 50.6 Å². The van der Waals surface area contributed by atoms with Crippen molar-refractivity contribution in [2.75, 3.05) is 23.7 Å². The minimum absolute atomic E-state index is 0.181. The van der Waals surface area contributed by atoms with Gasteiger partial charge in [-0.2, -0.15) is 10.1 Å². The van der Waals surface area contributed by atoms with Gasteiger partial charge in [-0.15, -0.1) is 0 Å². The monoisotopic (exact) mass is 504 g/mol. The van der Waals surface area contributed by atoms with E-state index in [-0.39, 0.29) is 12.1 Å². The fourth-order valence-corrected chi connectivity index (χ4v) is 6.04. The molecule has 1 saturated heterocycles. The van der Waals surface area contributed by atoms with Crippen molar-refractivity contribution in [2.24, 2.45) is 0 Å². The summed E-state index contributed by atoms with van der Waals surface area (Å²) in [6.45, 7) is 3.06. The van der Waals surface area contributed by atoms with Crippen molar-refractivity contribution < 1.29 is 5.11 Å². The Balaban J connectivity index is 1.24. The number of aliphatic hydroxyl groups is 1. The van der Waals surface area contributed by atoms with Crippen LogP contribution in [0.25, 0.3) is 21.3 Å². The summed E-state index contributed by atoms with van der Waals surface area (Å²) in [4.78, 5) is 16.9. The molecule has 36 heavy (non-hydrogen) atoms. The summed E-state index contributed by atoms with van der Waals surface area (Å²) in [5.74, 6) is 1.40. The van der Waals surface area contributed by atoms with E-state index in [4.69, 9.17) is 15.0 Å². The maximum atomic E-state index is 9.87. The Morgan fingerprint density at radius 3 is 2.67 bits per heavy atom. The first-order valence-electron chi connectivity index (χ1n) is 12.9. The quantitative estimate of drug-likeness (QED) is 0.280. The number of likely N-dealkylation sites (tertiary alicyclic amines) is 1. The summed E-state index contributed by atoms with van der Waals surface area (Å²) >= 11 is 1.61. The number of rotatable bonds is 7. The van der Waals surface area contributed by atoms with Gasteiger partial charge in [0.2, 0.25) is 5.95 Å². The van der Waals surface area contributed by atoms with Crippen molar-refractivity contribution in [3.63, 3.8) is 0 Å². The number of nitrogens with one attached hydrogen (secondary N) is 3. The van der Waals surface area contributed by atoms with E-state index >= 15 is 0 Å². The summed E-state index contributed by atoms with van der Waals surface area (Å²) in [6.07, 6.45) is 10.9. The number of nitrogens with zero attached hydrogens (tertiary/aromatic N) is 5. The second-order valence-electron chi connectivity index (χ2n) is 9.87. The Bertz CT molecular complexity index is 1290. The average Bonchev–Trinajstić information content (AvgIpc) is 3.55. The molecule has 1 aliphatic carbocycles. The number of aromatic nitrogens is 5. The number of H-pyrrole nitrogens is 1. The summed E-state index contributed by atoms with van der Waals surface area (Å²) < 4.78 is 1.11. The summed E-state index contributed by atoms with van der Waals surface area (Å²) in [6, 6.07) is 8.60. The first-order valence-corrected chi connectivity index (χ1v) is 13.7. The Labute approximate surface area is 214 Å². The van der Waals surface area contributed by atoms with Crippen molar-refractivity contribution in [3.05, 3.63) is 42.4 Å². The Hall–Kier alpha value is -3.08. The maximum Gasteiger partial charge on any atom is 0.225 e. The van der Waals surface area contributed by atoms with Crippen molar-refractivity contribution in [3.8, 4) is 11.1 Å². The van der Waals surface area contributed by atoms with Crippen LogP contribution in [0.2, 0.25) is 0 Å². The van der Waals surface area contributed by atoms with Crippen molar-refractivity contribution >= 4 is 38.5 Å². The molecule has 3 aromatic heterocycles. The number of benzene rings is 1. The van der Waals surface area contributed by atoms with Gasteiger partial charge in [0.25, 0.3) is 0 Å². The second kappa shape index (κ2) is 10.5. The molecule has 0 atom stereocenters. The molecule has 2 aliphatic rings. The van der Waals surface area contributed by atoms with Gasteiger partial charge >= 0.3 is 0 Å². The molecule has 4 N–H and O–H groups in total. The highest BCUT2D eigenvalue weighted by Crippen LogP contribution is 2.32. The lowest BCUT2D eigenvalue weighted by atomic mass is 9.93. The van der Waals surface area contributed by atoms with Crippen LogP contribution in [0, 0.1) is 0 Å². The van der Waals surface area contributed by atoms with Crippen molar-refractivity contribution in [1.29, 1.82) is 0 Å². The molecular weight excluding hydrogens is 472 g/mol. The molecule has 10 heteroatoms. The predicted octanol–water partition coefficient (Wildman–Crippen LogP) is 4.92. The Morgan fingerprint density at radius 2 is 1.86 bits per heavy atom. The predicted molar refractivity (Wildman–Crippen MR) is 144 cm³/mol. The maximum absolute atomic E-state index is 9.87. The molecule has 0 amide bonds. The molecule has 1 aliphatic heterocycles. The fraction of sp³-hybridized carbons (Fsp3) is 0.462. The van der Waals surface area contributed by atoms with E-state index in [0.29, 0.717) is 5.95 Å². The van der Waals surface area contributed by atoms with Gasteiger partial charge in [0, 0.05) is 30.4 Å². The third kappa shape index (κ3) is 5.50. The molecular formula is C26H32N8OS. The van der Waals surface area contributed by atoms with Gasteiger partial charge < -0.3 is 15.7 Å². The van der Waals surface area contributed by atoms with Crippen LogP contribution in [0.15, 0.2) is 36.7 Å². The Kier molecular flexibility index (Phi) is 6.80. The van der Waals surface area contributed by atoms with Crippen LogP contribution in [0.4, 0.5) is 16.9 Å². The lowest BCUT2D eigenvalue weighted by Gasteiger charge is -2.27. The first-order chi connectivity index (χ1) is 17.7. The molecule has 2 fully saturated rings. The lowest BCUT2D eigenvalue weighted by molar-refractivity contribution is 0.126. The molecule has 4 aromatic rings. The van der Waals surface area contributed by atoms with E-state index in [9.17, 15) is 5.11 Å². The van der Waals surface area contributed by atoms with Crippen LogP contribution in [0.3, 0.4) is 0 Å². The number of anilines is 3. The standard InChI is InChI=1S/C26H32N8OS/c35-21-7-5-19(6-8-21)29-25-30-20(16-34-10-2-1-3-11-34)13-24(32-25)33-26-31-22-9-4-17(12-23(22)36-26)18-14-27-28-15-18/h4,9,12-15,19,21,35H,1-3,5-8,10-11,16H2,(H,27,28)(H2,29,30,31,32,33). The number of hydrogen-bond donors (Lipinski definition) is 4. The molecule has 1 aromatic carbocycles. The highest BCUT2D eigenvalue weighted by Gasteiger charge is 2.21. The van der Waals surface area contributed by atoms with Gasteiger partial charge in [-0.1, -0.05) is 23.8 Å². The summed E-state index contributed by atoms with van der Waals surface area (Å²) in [5, 5.41) is 24.6. The van der Waals surface area contributed by atoms with Gasteiger partial charge in [-0.3, -0.25) is 10.00 Å². The number of piperidine rings is 1. The molecule has 0 unspecified atom stereocenters. The van der Waals surface area contributed by atoms with Crippen LogP contribution in [-0.2, 0) is 6.54 Å². The number of aliphatic hydroxyl groups excluding tert-OH is 1. The van der Waals surface area contributed by atoms with Crippen molar-refractivity contribution in [1.82, 2.24) is 30.0 Å². The third-order valence-corrected chi connectivity index (χ3v) is 8.03. The lowest BCUT2D eigenvalue weighted by Crippen LogP contribution is -2.30. The highest BCUT2D eigenvalue weighted by atomic mass is 32.1. The molecule has 4 heterocycles. The zero-order valence-electron chi connectivity index (χ0n) is 20.3. The topological polar surface area (TPSA) is 115 Å². The molecule has 0 spiro atoms. The average molecular weight is 505 g/mol. The minimum Gasteiger partial charge on any atom is -0.393 e. The van der Waals surface area contributed by atoms with Crippen molar-refractivity contribution in [2.45, 2.75) is 63.6 Å². The molecule has 188 valence electrons. The zero-order valence-corrected chi connectivity index (χ0v) is 21.1. The Morgan fingerprint density at radius 1 is 1.00 bits per heavy atom.